The molecule has 162 valence electrons. The number of amides is 4. The molecule has 3 atom stereocenters. The Labute approximate surface area is 172 Å². The van der Waals surface area contributed by atoms with E-state index in [2.05, 4.69) is 5.32 Å². The zero-order valence-electron chi connectivity index (χ0n) is 17.1. The zero-order valence-corrected chi connectivity index (χ0v) is 17.9. The van der Waals surface area contributed by atoms with Crippen LogP contribution in [-0.2, 0) is 19.4 Å². The number of nitrogens with zero attached hydrogens (tertiary/aromatic N) is 2. The van der Waals surface area contributed by atoms with Crippen LogP contribution in [0.25, 0.3) is 0 Å². The molecule has 8 nitrogen and oxygen atoms in total. The van der Waals surface area contributed by atoms with Crippen LogP contribution < -0.4 is 5.32 Å². The molecule has 0 aromatic heterocycles. The second-order valence-corrected chi connectivity index (χ2v) is 11.5. The molecule has 29 heavy (non-hydrogen) atoms. The normalized spacial score (nSPS) is 34.7. The number of hydrogen-bond acceptors (Lipinski definition) is 5. The van der Waals surface area contributed by atoms with Crippen LogP contribution in [0.15, 0.2) is 0 Å². The van der Waals surface area contributed by atoms with E-state index >= 15 is 0 Å². The molecule has 2 aliphatic carbocycles. The van der Waals surface area contributed by atoms with E-state index in [-0.39, 0.29) is 47.9 Å². The van der Waals surface area contributed by atoms with Crippen molar-refractivity contribution < 1.29 is 22.8 Å². The average Bonchev–Trinajstić information content (AvgIpc) is 3.35. The first-order valence-electron chi connectivity index (χ1n) is 10.9. The van der Waals surface area contributed by atoms with E-state index in [1.807, 2.05) is 6.92 Å². The summed E-state index contributed by atoms with van der Waals surface area (Å²) in [5, 5.41) is 2.89. The molecule has 4 amide bonds. The van der Waals surface area contributed by atoms with Crippen LogP contribution in [0.4, 0.5) is 4.79 Å². The Morgan fingerprint density at radius 3 is 2.41 bits per heavy atom. The molecule has 2 saturated heterocycles. The maximum atomic E-state index is 13.3. The molecule has 4 aliphatic rings. The Hall–Kier alpha value is -1.64. The molecule has 2 aliphatic heterocycles. The summed E-state index contributed by atoms with van der Waals surface area (Å²) in [5.41, 5.74) is -0.884. The molecule has 0 aromatic rings. The smallest absolute Gasteiger partial charge is 0.325 e. The Bertz CT molecular complexity index is 807. The van der Waals surface area contributed by atoms with Crippen LogP contribution in [0, 0.1) is 5.92 Å². The third-order valence-electron chi connectivity index (χ3n) is 7.40. The van der Waals surface area contributed by atoms with E-state index in [0.29, 0.717) is 12.8 Å². The lowest BCUT2D eigenvalue weighted by Crippen LogP contribution is -2.55. The summed E-state index contributed by atoms with van der Waals surface area (Å²) in [7, 11) is -3.14. The predicted molar refractivity (Wildman–Crippen MR) is 107 cm³/mol. The SMILES string of the molecule is C[C@H]1CCCC[C@@]12NC(=O)N(CC(=O)N(C1CCCC1)[C@@H]1CCS(=O)(=O)C1)C2=O. The topological polar surface area (TPSA) is 104 Å². The van der Waals surface area contributed by atoms with Crippen molar-refractivity contribution in [2.24, 2.45) is 5.92 Å². The van der Waals surface area contributed by atoms with Crippen molar-refractivity contribution in [1.82, 2.24) is 15.1 Å². The number of imide groups is 1. The molecule has 0 radical (unpaired) electrons. The minimum absolute atomic E-state index is 0.00382. The third-order valence-corrected chi connectivity index (χ3v) is 9.15. The Balaban J connectivity index is 1.53. The summed E-state index contributed by atoms with van der Waals surface area (Å²) >= 11 is 0. The standard InChI is InChI=1S/C20H31N3O5S/c1-14-6-4-5-10-20(14)18(25)22(19(26)21-20)12-17(24)23(15-7-2-3-8-15)16-9-11-29(27,28)13-16/h14-16H,2-13H2,1H3,(H,21,26)/t14-,16+,20+/m0/s1. The van der Waals surface area contributed by atoms with Gasteiger partial charge in [-0.05, 0) is 38.0 Å². The zero-order chi connectivity index (χ0) is 20.8. The van der Waals surface area contributed by atoms with Crippen molar-refractivity contribution in [2.75, 3.05) is 18.1 Å². The van der Waals surface area contributed by atoms with Gasteiger partial charge in [0.25, 0.3) is 5.91 Å². The van der Waals surface area contributed by atoms with E-state index in [1.54, 1.807) is 4.90 Å². The summed E-state index contributed by atoms with van der Waals surface area (Å²) in [5.74, 6) is -0.482. The Morgan fingerprint density at radius 2 is 1.79 bits per heavy atom. The van der Waals surface area contributed by atoms with Crippen molar-refractivity contribution >= 4 is 27.7 Å². The summed E-state index contributed by atoms with van der Waals surface area (Å²) in [6.07, 6.45) is 7.56. The lowest BCUT2D eigenvalue weighted by atomic mass is 9.73. The Kier molecular flexibility index (Phi) is 5.38. The molecule has 0 unspecified atom stereocenters. The van der Waals surface area contributed by atoms with Crippen molar-refractivity contribution in [1.29, 1.82) is 0 Å². The van der Waals surface area contributed by atoms with Gasteiger partial charge in [0.05, 0.1) is 11.5 Å². The third kappa shape index (κ3) is 3.66. The molecule has 2 heterocycles. The molecule has 1 N–H and O–H groups in total. The summed E-state index contributed by atoms with van der Waals surface area (Å²) < 4.78 is 24.0. The molecule has 9 heteroatoms. The maximum Gasteiger partial charge on any atom is 0.325 e. The van der Waals surface area contributed by atoms with Gasteiger partial charge in [-0.2, -0.15) is 0 Å². The quantitative estimate of drug-likeness (QED) is 0.687. The minimum atomic E-state index is -3.14. The average molecular weight is 426 g/mol. The van der Waals surface area contributed by atoms with Crippen LogP contribution in [0.3, 0.4) is 0 Å². The Morgan fingerprint density at radius 1 is 1.10 bits per heavy atom. The van der Waals surface area contributed by atoms with E-state index in [4.69, 9.17) is 0 Å². The lowest BCUT2D eigenvalue weighted by molar-refractivity contribution is -0.143. The number of rotatable bonds is 4. The molecular weight excluding hydrogens is 394 g/mol. The number of carbonyl (C=O) groups excluding carboxylic acids is 3. The van der Waals surface area contributed by atoms with Crippen molar-refractivity contribution in [3.8, 4) is 0 Å². The van der Waals surface area contributed by atoms with Gasteiger partial charge in [-0.15, -0.1) is 0 Å². The number of sulfone groups is 1. The fourth-order valence-corrected chi connectivity index (χ4v) is 7.45. The van der Waals surface area contributed by atoms with Crippen LogP contribution in [0.5, 0.6) is 0 Å². The van der Waals surface area contributed by atoms with E-state index in [1.165, 1.54) is 0 Å². The van der Waals surface area contributed by atoms with Crippen LogP contribution in [-0.4, -0.2) is 71.7 Å². The van der Waals surface area contributed by atoms with Crippen LogP contribution >= 0.6 is 0 Å². The van der Waals surface area contributed by atoms with Crippen LogP contribution in [0.2, 0.25) is 0 Å². The van der Waals surface area contributed by atoms with Gasteiger partial charge in [0.15, 0.2) is 9.84 Å². The first kappa shape index (κ1) is 20.6. The van der Waals surface area contributed by atoms with E-state index < -0.39 is 21.4 Å². The minimum Gasteiger partial charge on any atom is -0.334 e. The first-order chi connectivity index (χ1) is 13.7. The first-order valence-corrected chi connectivity index (χ1v) is 12.7. The largest absolute Gasteiger partial charge is 0.334 e. The van der Waals surface area contributed by atoms with Gasteiger partial charge in [-0.3, -0.25) is 14.5 Å². The highest BCUT2D eigenvalue weighted by Crippen LogP contribution is 2.38. The van der Waals surface area contributed by atoms with Crippen molar-refractivity contribution in [3.05, 3.63) is 0 Å². The summed E-state index contributed by atoms with van der Waals surface area (Å²) in [4.78, 5) is 41.9. The predicted octanol–water partition coefficient (Wildman–Crippen LogP) is 1.45. The van der Waals surface area contributed by atoms with Gasteiger partial charge in [-0.25, -0.2) is 13.2 Å². The molecule has 2 saturated carbocycles. The van der Waals surface area contributed by atoms with E-state index in [9.17, 15) is 22.8 Å². The molecular formula is C20H31N3O5S. The van der Waals surface area contributed by atoms with Gasteiger partial charge < -0.3 is 10.2 Å². The van der Waals surface area contributed by atoms with Crippen molar-refractivity contribution in [2.45, 2.75) is 82.3 Å². The number of urea groups is 1. The van der Waals surface area contributed by atoms with Gasteiger partial charge in [0.2, 0.25) is 5.91 Å². The fourth-order valence-electron chi connectivity index (χ4n) is 5.74. The highest BCUT2D eigenvalue weighted by molar-refractivity contribution is 7.91. The molecule has 0 bridgehead atoms. The van der Waals surface area contributed by atoms with Gasteiger partial charge in [0.1, 0.15) is 12.1 Å². The van der Waals surface area contributed by atoms with Crippen LogP contribution in [0.1, 0.15) is 64.7 Å². The lowest BCUT2D eigenvalue weighted by Gasteiger charge is -2.37. The number of hydrogen-bond donors (Lipinski definition) is 1. The highest BCUT2D eigenvalue weighted by Gasteiger charge is 2.55. The summed E-state index contributed by atoms with van der Waals surface area (Å²) in [6, 6.07) is -0.842. The number of carbonyl (C=O) groups is 3. The highest BCUT2D eigenvalue weighted by atomic mass is 32.2. The van der Waals surface area contributed by atoms with Gasteiger partial charge >= 0.3 is 6.03 Å². The molecule has 0 aromatic carbocycles. The van der Waals surface area contributed by atoms with Gasteiger partial charge in [-0.1, -0.05) is 32.6 Å². The van der Waals surface area contributed by atoms with Gasteiger partial charge in [0, 0.05) is 12.1 Å². The van der Waals surface area contributed by atoms with E-state index in [0.717, 1.165) is 49.8 Å². The maximum absolute atomic E-state index is 13.3. The monoisotopic (exact) mass is 425 g/mol. The molecule has 1 spiro atoms. The number of nitrogens with one attached hydrogen (secondary N) is 1. The molecule has 4 fully saturated rings. The second kappa shape index (κ2) is 7.56. The molecule has 4 rings (SSSR count). The van der Waals surface area contributed by atoms with Crippen molar-refractivity contribution in [3.63, 3.8) is 0 Å². The fraction of sp³-hybridized carbons (Fsp3) is 0.850. The second-order valence-electron chi connectivity index (χ2n) is 9.24. The summed E-state index contributed by atoms with van der Waals surface area (Å²) in [6.45, 7) is 1.68.